The van der Waals surface area contributed by atoms with Gasteiger partial charge in [-0.25, -0.2) is 9.18 Å². The molecule has 1 aromatic carbocycles. The number of aryl methyl sites for hydroxylation is 2. The van der Waals surface area contributed by atoms with E-state index < -0.39 is 0 Å². The molecule has 0 saturated carbocycles. The number of aromatic nitrogens is 1. The van der Waals surface area contributed by atoms with Crippen LogP contribution in [0.1, 0.15) is 16.8 Å². The van der Waals surface area contributed by atoms with Gasteiger partial charge in [0, 0.05) is 24.0 Å². The summed E-state index contributed by atoms with van der Waals surface area (Å²) in [6, 6.07) is 6.97. The maximum Gasteiger partial charge on any atom is 0.415 e. The smallest absolute Gasteiger partial charge is 0.415 e. The second-order valence-electron chi connectivity index (χ2n) is 5.57. The van der Waals surface area contributed by atoms with Crippen molar-refractivity contribution < 1.29 is 13.9 Å². The molecule has 5 heteroatoms. The average Bonchev–Trinajstić information content (AvgIpc) is 2.54. The lowest BCUT2D eigenvalue weighted by Gasteiger charge is -2.23. The minimum atomic E-state index is -0.366. The molecule has 3 rings (SSSR count). The van der Waals surface area contributed by atoms with Gasteiger partial charge >= 0.3 is 6.09 Å². The molecule has 0 aliphatic carbocycles. The fourth-order valence-corrected chi connectivity index (χ4v) is 2.48. The van der Waals surface area contributed by atoms with Crippen molar-refractivity contribution in [2.24, 2.45) is 0 Å². The molecule has 1 amide bonds. The molecule has 0 saturated heterocycles. The molecule has 0 atom stereocenters. The van der Waals surface area contributed by atoms with E-state index in [2.05, 4.69) is 4.98 Å². The minimum absolute atomic E-state index is 0.225. The number of carbonyl (C=O) groups excluding carboxylic acids is 1. The molecule has 2 aromatic rings. The van der Waals surface area contributed by atoms with E-state index in [9.17, 15) is 9.18 Å². The second kappa shape index (κ2) is 6.20. The summed E-state index contributed by atoms with van der Waals surface area (Å²) >= 11 is 0. The quantitative estimate of drug-likeness (QED) is 0.861. The zero-order valence-electron chi connectivity index (χ0n) is 13.0. The van der Waals surface area contributed by atoms with E-state index in [1.54, 1.807) is 36.2 Å². The Morgan fingerprint density at radius 1 is 1.26 bits per heavy atom. The van der Waals surface area contributed by atoms with Crippen LogP contribution in [0, 0.1) is 19.7 Å². The van der Waals surface area contributed by atoms with Gasteiger partial charge in [0.15, 0.2) is 0 Å². The molecule has 0 bridgehead atoms. The van der Waals surface area contributed by atoms with Gasteiger partial charge in [0.2, 0.25) is 0 Å². The van der Waals surface area contributed by atoms with Gasteiger partial charge in [-0.05, 0) is 54.8 Å². The normalized spacial score (nSPS) is 14.0. The Balaban J connectivity index is 1.91. The maximum absolute atomic E-state index is 13.4. The Bertz CT molecular complexity index is 787. The zero-order chi connectivity index (χ0) is 16.4. The van der Waals surface area contributed by atoms with Gasteiger partial charge in [-0.2, -0.15) is 0 Å². The van der Waals surface area contributed by atoms with Crippen molar-refractivity contribution in [1.82, 2.24) is 9.88 Å². The highest BCUT2D eigenvalue weighted by molar-refractivity contribution is 5.70. The number of rotatable bonds is 3. The molecule has 1 aromatic heterocycles. The lowest BCUT2D eigenvalue weighted by atomic mass is 10.0. The second-order valence-corrected chi connectivity index (χ2v) is 5.57. The van der Waals surface area contributed by atoms with E-state index in [1.165, 1.54) is 12.3 Å². The van der Waals surface area contributed by atoms with Gasteiger partial charge < -0.3 is 4.74 Å². The van der Waals surface area contributed by atoms with Crippen molar-refractivity contribution in [1.29, 1.82) is 0 Å². The number of halogens is 1. The van der Waals surface area contributed by atoms with Crippen LogP contribution in [0.2, 0.25) is 0 Å². The van der Waals surface area contributed by atoms with Gasteiger partial charge in [-0.3, -0.25) is 9.88 Å². The lowest BCUT2D eigenvalue weighted by molar-refractivity contribution is 0.131. The first-order valence-electron chi connectivity index (χ1n) is 7.37. The van der Waals surface area contributed by atoms with Crippen LogP contribution in [0.15, 0.2) is 42.8 Å². The summed E-state index contributed by atoms with van der Waals surface area (Å²) in [7, 11) is 0. The Hall–Kier alpha value is -2.69. The van der Waals surface area contributed by atoms with Crippen LogP contribution in [0.4, 0.5) is 9.18 Å². The third kappa shape index (κ3) is 3.23. The van der Waals surface area contributed by atoms with Gasteiger partial charge in [-0.15, -0.1) is 0 Å². The van der Waals surface area contributed by atoms with E-state index in [-0.39, 0.29) is 11.9 Å². The van der Waals surface area contributed by atoms with Gasteiger partial charge in [0.05, 0.1) is 12.8 Å². The van der Waals surface area contributed by atoms with Crippen LogP contribution in [-0.2, 0) is 11.3 Å². The summed E-state index contributed by atoms with van der Waals surface area (Å²) in [6.45, 7) is 4.58. The van der Waals surface area contributed by atoms with E-state index in [4.69, 9.17) is 4.74 Å². The first kappa shape index (κ1) is 15.2. The van der Waals surface area contributed by atoms with Crippen LogP contribution < -0.4 is 0 Å². The Morgan fingerprint density at radius 2 is 2.09 bits per heavy atom. The van der Waals surface area contributed by atoms with Crippen molar-refractivity contribution in [2.75, 3.05) is 6.54 Å². The fraction of sp³-hybridized carbons (Fsp3) is 0.222. The highest BCUT2D eigenvalue weighted by Gasteiger charge is 2.18. The van der Waals surface area contributed by atoms with Crippen LogP contribution in [0.25, 0.3) is 11.1 Å². The zero-order valence-corrected chi connectivity index (χ0v) is 13.0. The molecule has 1 aliphatic heterocycles. The maximum atomic E-state index is 13.4. The monoisotopic (exact) mass is 312 g/mol. The number of hydrogen-bond donors (Lipinski definition) is 0. The van der Waals surface area contributed by atoms with E-state index in [0.29, 0.717) is 18.7 Å². The molecular weight excluding hydrogens is 295 g/mol. The van der Waals surface area contributed by atoms with Gasteiger partial charge in [-0.1, -0.05) is 6.07 Å². The number of benzene rings is 1. The topological polar surface area (TPSA) is 42.4 Å². The largest absolute Gasteiger partial charge is 0.418 e. The molecular formula is C18H17FN2O2. The minimum Gasteiger partial charge on any atom is -0.418 e. The molecule has 0 radical (unpaired) electrons. The van der Waals surface area contributed by atoms with Crippen LogP contribution in [0.3, 0.4) is 0 Å². The van der Waals surface area contributed by atoms with Gasteiger partial charge in [0.1, 0.15) is 5.82 Å². The highest BCUT2D eigenvalue weighted by atomic mass is 19.1. The predicted octanol–water partition coefficient (Wildman–Crippen LogP) is 3.97. The Morgan fingerprint density at radius 3 is 2.83 bits per heavy atom. The molecule has 0 fully saturated rings. The number of carbonyl (C=O) groups is 1. The molecule has 1 aliphatic rings. The Kier molecular flexibility index (Phi) is 4.10. The summed E-state index contributed by atoms with van der Waals surface area (Å²) in [5.41, 5.74) is 4.19. The first-order chi connectivity index (χ1) is 11.0. The SMILES string of the molecule is Cc1cc(-c2cnc(C)c(CN3CC=COC3=O)c2)ccc1F. The highest BCUT2D eigenvalue weighted by Crippen LogP contribution is 2.24. The van der Waals surface area contributed by atoms with Crippen LogP contribution in [-0.4, -0.2) is 22.5 Å². The number of nitrogens with zero attached hydrogens (tertiary/aromatic N) is 2. The van der Waals surface area contributed by atoms with Crippen LogP contribution in [0.5, 0.6) is 0 Å². The summed E-state index contributed by atoms with van der Waals surface area (Å²) in [4.78, 5) is 17.7. The fourth-order valence-electron chi connectivity index (χ4n) is 2.48. The molecule has 23 heavy (non-hydrogen) atoms. The summed E-state index contributed by atoms with van der Waals surface area (Å²) < 4.78 is 18.3. The molecule has 118 valence electrons. The average molecular weight is 312 g/mol. The van der Waals surface area contributed by atoms with Crippen molar-refractivity contribution in [3.05, 3.63) is 65.4 Å². The number of cyclic esters (lactones) is 1. The number of pyridine rings is 1. The number of ether oxygens (including phenoxy) is 1. The molecule has 0 unspecified atom stereocenters. The summed E-state index contributed by atoms with van der Waals surface area (Å²) in [6.07, 6.45) is 4.59. The molecule has 2 heterocycles. The molecule has 0 N–H and O–H groups in total. The molecule has 4 nitrogen and oxygen atoms in total. The van der Waals surface area contributed by atoms with Crippen molar-refractivity contribution in [3.63, 3.8) is 0 Å². The van der Waals surface area contributed by atoms with E-state index in [1.807, 2.05) is 13.0 Å². The van der Waals surface area contributed by atoms with Crippen molar-refractivity contribution in [3.8, 4) is 11.1 Å². The third-order valence-corrected chi connectivity index (χ3v) is 3.89. The van der Waals surface area contributed by atoms with E-state index >= 15 is 0 Å². The van der Waals surface area contributed by atoms with E-state index in [0.717, 1.165) is 22.4 Å². The lowest BCUT2D eigenvalue weighted by Crippen LogP contribution is -2.33. The molecule has 0 spiro atoms. The van der Waals surface area contributed by atoms with Crippen molar-refractivity contribution in [2.45, 2.75) is 20.4 Å². The van der Waals surface area contributed by atoms with Crippen LogP contribution >= 0.6 is 0 Å². The number of amides is 1. The number of hydrogen-bond acceptors (Lipinski definition) is 3. The summed E-state index contributed by atoms with van der Waals surface area (Å²) in [5, 5.41) is 0. The third-order valence-electron chi connectivity index (χ3n) is 3.89. The van der Waals surface area contributed by atoms with Crippen molar-refractivity contribution >= 4 is 6.09 Å². The Labute approximate surface area is 134 Å². The standard InChI is InChI=1S/C18H17FN2O2/c1-12-8-14(4-5-17(12)19)15-9-16(13(2)20-10-15)11-21-6-3-7-23-18(21)22/h3-5,7-10H,6,11H2,1-2H3. The predicted molar refractivity (Wildman–Crippen MR) is 85.1 cm³/mol. The summed E-state index contributed by atoms with van der Waals surface area (Å²) in [5.74, 6) is -0.225. The first-order valence-corrected chi connectivity index (χ1v) is 7.37. The van der Waals surface area contributed by atoms with Gasteiger partial charge in [0.25, 0.3) is 0 Å².